The molecule has 0 atom stereocenters. The van der Waals surface area contributed by atoms with Crippen molar-refractivity contribution in [2.75, 3.05) is 13.1 Å². The number of nitrogens with zero attached hydrogens (tertiary/aromatic N) is 4. The maximum atomic E-state index is 11.9. The molecule has 1 saturated heterocycles. The van der Waals surface area contributed by atoms with Gasteiger partial charge in [0.15, 0.2) is 0 Å². The van der Waals surface area contributed by atoms with Gasteiger partial charge in [-0.3, -0.25) is 24.0 Å². The number of likely N-dealkylation sites (tertiary alicyclic amines) is 1. The smallest absolute Gasteiger partial charge is 0.357 e. The zero-order valence-electron chi connectivity index (χ0n) is 11.4. The molecular formula is C12H16N4O4. The van der Waals surface area contributed by atoms with Crippen molar-refractivity contribution in [2.24, 2.45) is 14.1 Å². The van der Waals surface area contributed by atoms with Crippen molar-refractivity contribution < 1.29 is 4.92 Å². The van der Waals surface area contributed by atoms with E-state index in [-0.39, 0.29) is 5.69 Å². The zero-order chi connectivity index (χ0) is 14.9. The number of rotatable bonds is 3. The summed E-state index contributed by atoms with van der Waals surface area (Å²) < 4.78 is 1.86. The van der Waals surface area contributed by atoms with Crippen LogP contribution in [0.2, 0.25) is 0 Å². The van der Waals surface area contributed by atoms with Crippen LogP contribution in [-0.2, 0) is 14.1 Å². The van der Waals surface area contributed by atoms with Crippen molar-refractivity contribution in [3.05, 3.63) is 42.8 Å². The summed E-state index contributed by atoms with van der Waals surface area (Å²) in [5.74, 6) is 0. The van der Waals surface area contributed by atoms with E-state index in [1.807, 2.05) is 4.90 Å². The molecule has 0 amide bonds. The second-order valence-corrected chi connectivity index (χ2v) is 4.76. The molecule has 0 saturated carbocycles. The Morgan fingerprint density at radius 3 is 2.30 bits per heavy atom. The molecule has 0 radical (unpaired) electrons. The number of hydrogen-bond donors (Lipinski definition) is 0. The molecule has 1 aliphatic heterocycles. The zero-order valence-corrected chi connectivity index (χ0v) is 11.4. The van der Waals surface area contributed by atoms with Crippen LogP contribution in [0.25, 0.3) is 6.08 Å². The Kier molecular flexibility index (Phi) is 3.73. The van der Waals surface area contributed by atoms with Crippen LogP contribution in [0.3, 0.4) is 0 Å². The molecule has 1 aliphatic rings. The normalized spacial score (nSPS) is 15.2. The van der Waals surface area contributed by atoms with Gasteiger partial charge < -0.3 is 4.90 Å². The molecule has 1 fully saturated rings. The largest absolute Gasteiger partial charge is 0.377 e. The van der Waals surface area contributed by atoms with Crippen LogP contribution in [0, 0.1) is 10.1 Å². The molecule has 108 valence electrons. The molecule has 0 bridgehead atoms. The van der Waals surface area contributed by atoms with Crippen molar-refractivity contribution >= 4 is 11.8 Å². The SMILES string of the molecule is Cn1c(/C=C/N2CCCC2)c([N+](=O)[O-])c(=O)n(C)c1=O. The first-order chi connectivity index (χ1) is 9.43. The van der Waals surface area contributed by atoms with Gasteiger partial charge in [-0.25, -0.2) is 4.79 Å². The van der Waals surface area contributed by atoms with Crippen LogP contribution >= 0.6 is 0 Å². The Bertz CT molecular complexity index is 680. The summed E-state index contributed by atoms with van der Waals surface area (Å²) in [6.45, 7) is 1.76. The molecule has 1 aromatic rings. The van der Waals surface area contributed by atoms with Crippen molar-refractivity contribution in [2.45, 2.75) is 12.8 Å². The van der Waals surface area contributed by atoms with E-state index < -0.39 is 21.9 Å². The molecule has 0 aliphatic carbocycles. The Balaban J connectivity index is 2.58. The number of nitro groups is 1. The van der Waals surface area contributed by atoms with E-state index in [1.165, 1.54) is 20.2 Å². The second-order valence-electron chi connectivity index (χ2n) is 4.76. The lowest BCUT2D eigenvalue weighted by Gasteiger charge is -2.11. The number of aromatic nitrogens is 2. The topological polar surface area (TPSA) is 90.4 Å². The van der Waals surface area contributed by atoms with Crippen molar-refractivity contribution in [1.82, 2.24) is 14.0 Å². The van der Waals surface area contributed by atoms with Crippen LogP contribution in [0.15, 0.2) is 15.8 Å². The first kappa shape index (κ1) is 14.0. The van der Waals surface area contributed by atoms with Crippen molar-refractivity contribution in [1.29, 1.82) is 0 Å². The minimum absolute atomic E-state index is 0.0231. The van der Waals surface area contributed by atoms with Gasteiger partial charge in [-0.2, -0.15) is 0 Å². The van der Waals surface area contributed by atoms with Gasteiger partial charge in [0.2, 0.25) is 0 Å². The lowest BCUT2D eigenvalue weighted by atomic mass is 10.3. The van der Waals surface area contributed by atoms with Crippen LogP contribution in [-0.4, -0.2) is 32.0 Å². The van der Waals surface area contributed by atoms with Gasteiger partial charge in [0.25, 0.3) is 0 Å². The minimum Gasteiger partial charge on any atom is -0.377 e. The highest BCUT2D eigenvalue weighted by Crippen LogP contribution is 2.14. The van der Waals surface area contributed by atoms with Crippen LogP contribution in [0.1, 0.15) is 18.5 Å². The summed E-state index contributed by atoms with van der Waals surface area (Å²) in [4.78, 5) is 36.0. The van der Waals surface area contributed by atoms with Gasteiger partial charge in [-0.1, -0.05) is 0 Å². The average Bonchev–Trinajstić information content (AvgIpc) is 2.91. The molecule has 2 heterocycles. The Morgan fingerprint density at radius 2 is 1.75 bits per heavy atom. The molecule has 8 heteroatoms. The van der Waals surface area contributed by atoms with Gasteiger partial charge in [0, 0.05) is 33.4 Å². The molecule has 0 spiro atoms. The third-order valence-corrected chi connectivity index (χ3v) is 3.45. The molecule has 1 aromatic heterocycles. The molecule has 0 unspecified atom stereocenters. The third-order valence-electron chi connectivity index (χ3n) is 3.45. The van der Waals surface area contributed by atoms with Crippen LogP contribution < -0.4 is 11.2 Å². The highest BCUT2D eigenvalue weighted by molar-refractivity contribution is 5.56. The number of hydrogen-bond acceptors (Lipinski definition) is 5. The standard InChI is InChI=1S/C12H16N4O4/c1-13-9(5-8-15-6-3-4-7-15)10(16(19)20)11(17)14(2)12(13)18/h5,8H,3-4,6-7H2,1-2H3/b8-5+. The lowest BCUT2D eigenvalue weighted by Crippen LogP contribution is -2.39. The molecule has 8 nitrogen and oxygen atoms in total. The minimum atomic E-state index is -0.890. The van der Waals surface area contributed by atoms with Crippen molar-refractivity contribution in [3.8, 4) is 0 Å². The van der Waals surface area contributed by atoms with Crippen LogP contribution in [0.4, 0.5) is 5.69 Å². The van der Waals surface area contributed by atoms with Crippen molar-refractivity contribution in [3.63, 3.8) is 0 Å². The Labute approximate surface area is 114 Å². The molecule has 0 aromatic carbocycles. The van der Waals surface area contributed by atoms with Gasteiger partial charge in [-0.05, 0) is 18.9 Å². The molecular weight excluding hydrogens is 264 g/mol. The lowest BCUT2D eigenvalue weighted by molar-refractivity contribution is -0.387. The van der Waals surface area contributed by atoms with Gasteiger partial charge >= 0.3 is 16.9 Å². The predicted molar refractivity (Wildman–Crippen MR) is 73.4 cm³/mol. The monoisotopic (exact) mass is 280 g/mol. The first-order valence-corrected chi connectivity index (χ1v) is 6.30. The molecule has 2 rings (SSSR count). The maximum absolute atomic E-state index is 11.9. The summed E-state index contributed by atoms with van der Waals surface area (Å²) in [6.07, 6.45) is 5.31. The summed E-state index contributed by atoms with van der Waals surface area (Å²) >= 11 is 0. The maximum Gasteiger partial charge on any atom is 0.357 e. The Morgan fingerprint density at radius 1 is 1.15 bits per heavy atom. The Hall–Kier alpha value is -2.38. The van der Waals surface area contributed by atoms with Gasteiger partial charge in [0.05, 0.1) is 4.92 Å². The predicted octanol–water partition coefficient (Wildman–Crippen LogP) is 0.0587. The van der Waals surface area contributed by atoms with E-state index in [1.54, 1.807) is 6.20 Å². The van der Waals surface area contributed by atoms with E-state index in [2.05, 4.69) is 0 Å². The van der Waals surface area contributed by atoms with E-state index in [0.29, 0.717) is 0 Å². The highest BCUT2D eigenvalue weighted by atomic mass is 16.6. The highest BCUT2D eigenvalue weighted by Gasteiger charge is 2.23. The summed E-state index contributed by atoms with van der Waals surface area (Å²) in [6, 6.07) is 0. The fourth-order valence-electron chi connectivity index (χ4n) is 2.27. The molecule has 0 N–H and O–H groups in total. The average molecular weight is 280 g/mol. The van der Waals surface area contributed by atoms with Crippen LogP contribution in [0.5, 0.6) is 0 Å². The first-order valence-electron chi connectivity index (χ1n) is 6.30. The summed E-state index contributed by atoms with van der Waals surface area (Å²) in [7, 11) is 2.64. The summed E-state index contributed by atoms with van der Waals surface area (Å²) in [5, 5.41) is 11.1. The summed E-state index contributed by atoms with van der Waals surface area (Å²) in [5.41, 5.74) is -2.03. The fourth-order valence-corrected chi connectivity index (χ4v) is 2.27. The van der Waals surface area contributed by atoms with Gasteiger partial charge in [-0.15, -0.1) is 0 Å². The van der Waals surface area contributed by atoms with E-state index in [0.717, 1.165) is 35.1 Å². The second kappa shape index (κ2) is 5.32. The van der Waals surface area contributed by atoms with E-state index in [9.17, 15) is 19.7 Å². The third kappa shape index (κ3) is 2.36. The van der Waals surface area contributed by atoms with E-state index in [4.69, 9.17) is 0 Å². The van der Waals surface area contributed by atoms with Gasteiger partial charge in [0.1, 0.15) is 5.69 Å². The molecule has 20 heavy (non-hydrogen) atoms. The quantitative estimate of drug-likeness (QED) is 0.577. The van der Waals surface area contributed by atoms with E-state index >= 15 is 0 Å². The fraction of sp³-hybridized carbons (Fsp3) is 0.500.